The van der Waals surface area contributed by atoms with E-state index in [4.69, 9.17) is 10.5 Å². The predicted molar refractivity (Wildman–Crippen MR) is 60.0 cm³/mol. The van der Waals surface area contributed by atoms with Crippen LogP contribution < -0.4 is 10.5 Å². The summed E-state index contributed by atoms with van der Waals surface area (Å²) >= 11 is 0. The van der Waals surface area contributed by atoms with Gasteiger partial charge in [0.05, 0.1) is 7.11 Å². The molecule has 0 aliphatic rings. The molecule has 0 aromatic heterocycles. The van der Waals surface area contributed by atoms with Crippen LogP contribution in [0.25, 0.3) is 0 Å². The largest absolute Gasteiger partial charge is 0.497 e. The first-order valence-corrected chi connectivity index (χ1v) is 5.11. The Balaban J connectivity index is 2.46. The number of carbonyl (C=O) groups excluding carboxylic acids is 1. The zero-order valence-electron chi connectivity index (χ0n) is 9.03. The lowest BCUT2D eigenvalue weighted by molar-refractivity contribution is -0.118. The van der Waals surface area contributed by atoms with Gasteiger partial charge in [0.15, 0.2) is 0 Å². The zero-order chi connectivity index (χ0) is 11.1. The van der Waals surface area contributed by atoms with Crippen LogP contribution in [0.2, 0.25) is 0 Å². The monoisotopic (exact) mass is 207 g/mol. The van der Waals surface area contributed by atoms with Crippen molar-refractivity contribution in [1.82, 2.24) is 0 Å². The molecule has 2 N–H and O–H groups in total. The normalized spacial score (nSPS) is 10.0. The highest BCUT2D eigenvalue weighted by Gasteiger charge is 2.02. The maximum Gasteiger partial charge on any atom is 0.134 e. The summed E-state index contributed by atoms with van der Waals surface area (Å²) in [6.07, 6.45) is 1.80. The van der Waals surface area contributed by atoms with E-state index in [-0.39, 0.29) is 5.78 Å². The van der Waals surface area contributed by atoms with E-state index in [2.05, 4.69) is 0 Å². The van der Waals surface area contributed by atoms with E-state index in [1.165, 1.54) is 0 Å². The minimum Gasteiger partial charge on any atom is -0.497 e. The Bertz CT molecular complexity index is 323. The van der Waals surface area contributed by atoms with E-state index in [9.17, 15) is 4.79 Å². The molecule has 1 rings (SSSR count). The van der Waals surface area contributed by atoms with Crippen LogP contribution in [0, 0.1) is 0 Å². The first-order valence-electron chi connectivity index (χ1n) is 5.11. The molecule has 1 aromatic carbocycles. The predicted octanol–water partition coefficient (Wildman–Crippen LogP) is 1.55. The van der Waals surface area contributed by atoms with Gasteiger partial charge in [0.1, 0.15) is 11.5 Å². The average molecular weight is 207 g/mol. The molecule has 0 aliphatic heterocycles. The van der Waals surface area contributed by atoms with Crippen LogP contribution in [-0.2, 0) is 11.2 Å². The van der Waals surface area contributed by atoms with Gasteiger partial charge in [-0.1, -0.05) is 12.1 Å². The molecular formula is C12H17NO2. The highest BCUT2D eigenvalue weighted by Crippen LogP contribution is 2.14. The van der Waals surface area contributed by atoms with Crippen LogP contribution in [0.15, 0.2) is 24.3 Å². The van der Waals surface area contributed by atoms with Crippen molar-refractivity contribution in [3.8, 4) is 5.75 Å². The molecule has 0 heterocycles. The molecule has 3 heteroatoms. The first-order chi connectivity index (χ1) is 7.26. The molecule has 15 heavy (non-hydrogen) atoms. The number of ketones is 1. The molecule has 0 amide bonds. The molecule has 0 unspecified atom stereocenters. The van der Waals surface area contributed by atoms with Crippen molar-refractivity contribution < 1.29 is 9.53 Å². The van der Waals surface area contributed by atoms with Gasteiger partial charge in [-0.2, -0.15) is 0 Å². The van der Waals surface area contributed by atoms with E-state index >= 15 is 0 Å². The Labute approximate surface area is 90.2 Å². The molecule has 0 saturated carbocycles. The van der Waals surface area contributed by atoms with E-state index in [1.54, 1.807) is 7.11 Å². The fourth-order valence-corrected chi connectivity index (χ4v) is 1.40. The summed E-state index contributed by atoms with van der Waals surface area (Å²) in [6.45, 7) is 0.441. The Morgan fingerprint density at radius 2 is 2.20 bits per heavy atom. The van der Waals surface area contributed by atoms with Crippen molar-refractivity contribution in [2.24, 2.45) is 5.73 Å². The highest BCUT2D eigenvalue weighted by molar-refractivity contribution is 5.78. The van der Waals surface area contributed by atoms with Gasteiger partial charge in [0.2, 0.25) is 0 Å². The molecule has 0 saturated heterocycles. The standard InChI is InChI=1S/C12H17NO2/c1-15-12-4-2-3-10(9-12)5-6-11(14)7-8-13/h2-4,9H,5-8,13H2,1H3. The van der Waals surface area contributed by atoms with Crippen molar-refractivity contribution in [3.63, 3.8) is 0 Å². The van der Waals surface area contributed by atoms with Crippen LogP contribution in [0.5, 0.6) is 5.75 Å². The lowest BCUT2D eigenvalue weighted by Crippen LogP contribution is -2.08. The molecule has 0 aliphatic carbocycles. The van der Waals surface area contributed by atoms with E-state index in [0.29, 0.717) is 19.4 Å². The number of nitrogens with two attached hydrogens (primary N) is 1. The van der Waals surface area contributed by atoms with Gasteiger partial charge >= 0.3 is 0 Å². The van der Waals surface area contributed by atoms with Crippen LogP contribution in [0.3, 0.4) is 0 Å². The van der Waals surface area contributed by atoms with Gasteiger partial charge in [0.25, 0.3) is 0 Å². The third kappa shape index (κ3) is 4.13. The van der Waals surface area contributed by atoms with Crippen LogP contribution >= 0.6 is 0 Å². The van der Waals surface area contributed by atoms with Crippen molar-refractivity contribution in [2.75, 3.05) is 13.7 Å². The molecule has 3 nitrogen and oxygen atoms in total. The van der Waals surface area contributed by atoms with Crippen LogP contribution in [0.1, 0.15) is 18.4 Å². The molecule has 0 spiro atoms. The number of ether oxygens (including phenoxy) is 1. The minimum atomic E-state index is 0.223. The molecule has 82 valence electrons. The second-order valence-corrected chi connectivity index (χ2v) is 3.43. The van der Waals surface area contributed by atoms with Gasteiger partial charge in [-0.25, -0.2) is 0 Å². The number of benzene rings is 1. The fraction of sp³-hybridized carbons (Fsp3) is 0.417. The number of Topliss-reactive ketones (excluding diaryl/α,β-unsaturated/α-hetero) is 1. The SMILES string of the molecule is COc1cccc(CCC(=O)CCN)c1. The molecule has 0 radical (unpaired) electrons. The lowest BCUT2D eigenvalue weighted by atomic mass is 10.1. The fourth-order valence-electron chi connectivity index (χ4n) is 1.40. The molecular weight excluding hydrogens is 190 g/mol. The van der Waals surface area contributed by atoms with E-state index in [1.807, 2.05) is 24.3 Å². The van der Waals surface area contributed by atoms with Gasteiger partial charge in [-0.05, 0) is 30.7 Å². The van der Waals surface area contributed by atoms with Crippen LogP contribution in [-0.4, -0.2) is 19.4 Å². The maximum atomic E-state index is 11.3. The molecule has 0 fully saturated rings. The number of rotatable bonds is 6. The number of hydrogen-bond acceptors (Lipinski definition) is 3. The Morgan fingerprint density at radius 3 is 2.87 bits per heavy atom. The average Bonchev–Trinajstić information content (AvgIpc) is 2.27. The summed E-state index contributed by atoms with van der Waals surface area (Å²) in [5.41, 5.74) is 6.43. The number of carbonyl (C=O) groups is 1. The van der Waals surface area contributed by atoms with Gasteiger partial charge in [-0.3, -0.25) is 4.79 Å². The second kappa shape index (κ2) is 6.19. The zero-order valence-corrected chi connectivity index (χ0v) is 9.03. The van der Waals surface area contributed by atoms with Crippen LogP contribution in [0.4, 0.5) is 0 Å². The topological polar surface area (TPSA) is 52.3 Å². The van der Waals surface area contributed by atoms with E-state index < -0.39 is 0 Å². The smallest absolute Gasteiger partial charge is 0.134 e. The van der Waals surface area contributed by atoms with Crippen molar-refractivity contribution in [3.05, 3.63) is 29.8 Å². The Hall–Kier alpha value is -1.35. The summed E-state index contributed by atoms with van der Waals surface area (Å²) in [4.78, 5) is 11.3. The molecule has 1 aromatic rings. The van der Waals surface area contributed by atoms with Gasteiger partial charge in [-0.15, -0.1) is 0 Å². The van der Waals surface area contributed by atoms with Gasteiger partial charge in [0, 0.05) is 12.8 Å². The minimum absolute atomic E-state index is 0.223. The second-order valence-electron chi connectivity index (χ2n) is 3.43. The van der Waals surface area contributed by atoms with Crippen molar-refractivity contribution in [2.45, 2.75) is 19.3 Å². The number of methoxy groups -OCH3 is 1. The quantitative estimate of drug-likeness (QED) is 0.770. The van der Waals surface area contributed by atoms with Gasteiger partial charge < -0.3 is 10.5 Å². The summed E-state index contributed by atoms with van der Waals surface area (Å²) in [6, 6.07) is 7.78. The first kappa shape index (κ1) is 11.7. The summed E-state index contributed by atoms with van der Waals surface area (Å²) in [7, 11) is 1.64. The summed E-state index contributed by atoms with van der Waals surface area (Å²) in [5, 5.41) is 0. The summed E-state index contributed by atoms with van der Waals surface area (Å²) < 4.78 is 5.10. The number of aryl methyl sites for hydroxylation is 1. The highest BCUT2D eigenvalue weighted by atomic mass is 16.5. The third-order valence-corrected chi connectivity index (χ3v) is 2.25. The van der Waals surface area contributed by atoms with Crippen molar-refractivity contribution >= 4 is 5.78 Å². The van der Waals surface area contributed by atoms with Crippen molar-refractivity contribution in [1.29, 1.82) is 0 Å². The lowest BCUT2D eigenvalue weighted by Gasteiger charge is -2.03. The Morgan fingerprint density at radius 1 is 1.40 bits per heavy atom. The van der Waals surface area contributed by atoms with E-state index in [0.717, 1.165) is 17.7 Å². The number of hydrogen-bond donors (Lipinski definition) is 1. The third-order valence-electron chi connectivity index (χ3n) is 2.25. The maximum absolute atomic E-state index is 11.3. The molecule has 0 bridgehead atoms. The Kier molecular flexibility index (Phi) is 4.84. The molecule has 0 atom stereocenters. The summed E-state index contributed by atoms with van der Waals surface area (Å²) in [5.74, 6) is 1.05.